The summed E-state index contributed by atoms with van der Waals surface area (Å²) in [7, 11) is 0. The van der Waals surface area contributed by atoms with Crippen molar-refractivity contribution in [3.05, 3.63) is 28.8 Å². The maximum absolute atomic E-state index is 6.54. The molecule has 0 N–H and O–H groups in total. The molecule has 0 radical (unpaired) electrons. The third kappa shape index (κ3) is 4.06. The summed E-state index contributed by atoms with van der Waals surface area (Å²) in [6, 6.07) is 7.10. The zero-order chi connectivity index (χ0) is 15.5. The van der Waals surface area contributed by atoms with E-state index in [4.69, 9.17) is 16.3 Å². The fourth-order valence-electron chi connectivity index (χ4n) is 3.08. The minimum Gasteiger partial charge on any atom is -0.378 e. The summed E-state index contributed by atoms with van der Waals surface area (Å²) < 4.78 is 7.79. The van der Waals surface area contributed by atoms with Gasteiger partial charge < -0.3 is 9.64 Å². The van der Waals surface area contributed by atoms with Crippen LogP contribution in [-0.4, -0.2) is 60.0 Å². The van der Waals surface area contributed by atoms with Gasteiger partial charge in [0.25, 0.3) is 0 Å². The second-order valence-corrected chi connectivity index (χ2v) is 7.73. The van der Waals surface area contributed by atoms with Crippen LogP contribution in [0.15, 0.2) is 18.2 Å². The lowest BCUT2D eigenvalue weighted by Gasteiger charge is -2.36. The number of hydrogen-bond donors (Lipinski definition) is 0. The standard InChI is InChI=1S/C16H23ClIN3O/c1-13-11-19(4-5-21(13)18)12-14-2-3-15(10-16(14)17)20-6-8-22-9-7-20/h2-3,10,13H,4-9,11-12H2,1H3/t13-/m0/s1. The SMILES string of the molecule is C[C@H]1CN(Cc2ccc(N3CCOCC3)cc2Cl)CCN1I. The summed E-state index contributed by atoms with van der Waals surface area (Å²) in [6.07, 6.45) is 0. The Labute approximate surface area is 151 Å². The molecular formula is C16H23ClIN3O. The predicted molar refractivity (Wildman–Crippen MR) is 99.9 cm³/mol. The van der Waals surface area contributed by atoms with Crippen LogP contribution in [0.3, 0.4) is 0 Å². The highest BCUT2D eigenvalue weighted by Gasteiger charge is 2.22. The van der Waals surface area contributed by atoms with E-state index >= 15 is 0 Å². The average molecular weight is 436 g/mol. The molecule has 1 atom stereocenters. The lowest BCUT2D eigenvalue weighted by Crippen LogP contribution is -2.47. The maximum Gasteiger partial charge on any atom is 0.0642 e. The molecule has 0 saturated carbocycles. The van der Waals surface area contributed by atoms with Crippen LogP contribution < -0.4 is 4.90 Å². The van der Waals surface area contributed by atoms with Crippen molar-refractivity contribution >= 4 is 40.2 Å². The molecule has 2 saturated heterocycles. The predicted octanol–water partition coefficient (Wildman–Crippen LogP) is 3.03. The summed E-state index contributed by atoms with van der Waals surface area (Å²) in [6.45, 7) is 10.1. The highest BCUT2D eigenvalue weighted by molar-refractivity contribution is 14.1. The molecule has 0 spiro atoms. The Morgan fingerprint density at radius 3 is 2.68 bits per heavy atom. The molecule has 0 aliphatic carbocycles. The van der Waals surface area contributed by atoms with Gasteiger partial charge in [-0.15, -0.1) is 0 Å². The molecule has 4 nitrogen and oxygen atoms in total. The minimum absolute atomic E-state index is 0.598. The van der Waals surface area contributed by atoms with Crippen LogP contribution in [-0.2, 0) is 11.3 Å². The number of anilines is 1. The van der Waals surface area contributed by atoms with E-state index in [1.807, 2.05) is 0 Å². The van der Waals surface area contributed by atoms with Gasteiger partial charge in [-0.3, -0.25) is 4.90 Å². The van der Waals surface area contributed by atoms with Gasteiger partial charge in [-0.05, 0) is 24.6 Å². The molecule has 2 fully saturated rings. The van der Waals surface area contributed by atoms with Gasteiger partial charge in [-0.2, -0.15) is 0 Å². The second-order valence-electron chi connectivity index (χ2n) is 6.08. The van der Waals surface area contributed by atoms with Gasteiger partial charge in [0, 0.05) is 78.9 Å². The van der Waals surface area contributed by atoms with Crippen LogP contribution in [0.2, 0.25) is 5.02 Å². The van der Waals surface area contributed by atoms with Crippen molar-refractivity contribution in [3.8, 4) is 0 Å². The van der Waals surface area contributed by atoms with E-state index in [9.17, 15) is 0 Å². The maximum atomic E-state index is 6.54. The normalized spacial score (nSPS) is 24.7. The van der Waals surface area contributed by atoms with Gasteiger partial charge >= 0.3 is 0 Å². The molecule has 1 aromatic rings. The van der Waals surface area contributed by atoms with Crippen LogP contribution in [0.5, 0.6) is 0 Å². The van der Waals surface area contributed by atoms with Crippen molar-refractivity contribution in [1.29, 1.82) is 0 Å². The molecule has 2 aliphatic heterocycles. The summed E-state index contributed by atoms with van der Waals surface area (Å²) in [4.78, 5) is 4.84. The van der Waals surface area contributed by atoms with Crippen molar-refractivity contribution in [2.75, 3.05) is 50.8 Å². The van der Waals surface area contributed by atoms with E-state index in [2.05, 4.69) is 60.9 Å². The number of benzene rings is 1. The van der Waals surface area contributed by atoms with E-state index in [1.165, 1.54) is 11.3 Å². The number of hydrogen-bond acceptors (Lipinski definition) is 4. The highest BCUT2D eigenvalue weighted by Crippen LogP contribution is 2.26. The second kappa shape index (κ2) is 7.66. The fourth-order valence-corrected chi connectivity index (χ4v) is 3.70. The smallest absolute Gasteiger partial charge is 0.0642 e. The molecule has 0 bridgehead atoms. The third-order valence-corrected chi connectivity index (χ3v) is 6.22. The number of morpholine rings is 1. The summed E-state index contributed by atoms with van der Waals surface area (Å²) in [5.74, 6) is 0. The van der Waals surface area contributed by atoms with E-state index in [-0.39, 0.29) is 0 Å². The molecule has 22 heavy (non-hydrogen) atoms. The average Bonchev–Trinajstić information content (AvgIpc) is 2.54. The molecule has 1 aromatic carbocycles. The molecule has 2 heterocycles. The zero-order valence-electron chi connectivity index (χ0n) is 13.0. The Bertz CT molecular complexity index is 510. The van der Waals surface area contributed by atoms with E-state index in [0.717, 1.165) is 57.5 Å². The fraction of sp³-hybridized carbons (Fsp3) is 0.625. The monoisotopic (exact) mass is 435 g/mol. The Morgan fingerprint density at radius 1 is 1.23 bits per heavy atom. The first-order valence-electron chi connectivity index (χ1n) is 7.89. The van der Waals surface area contributed by atoms with Gasteiger partial charge in [0.1, 0.15) is 0 Å². The highest BCUT2D eigenvalue weighted by atomic mass is 127. The Balaban J connectivity index is 1.64. The molecule has 2 aliphatic rings. The molecule has 0 aromatic heterocycles. The number of nitrogens with zero attached hydrogens (tertiary/aromatic N) is 3. The zero-order valence-corrected chi connectivity index (χ0v) is 15.9. The van der Waals surface area contributed by atoms with Gasteiger partial charge in [-0.1, -0.05) is 17.7 Å². The first kappa shape index (κ1) is 16.8. The van der Waals surface area contributed by atoms with Crippen LogP contribution in [0.4, 0.5) is 5.69 Å². The van der Waals surface area contributed by atoms with E-state index in [1.54, 1.807) is 0 Å². The number of rotatable bonds is 3. The topological polar surface area (TPSA) is 19.0 Å². The molecule has 3 rings (SSSR count). The van der Waals surface area contributed by atoms with E-state index < -0.39 is 0 Å². The number of ether oxygens (including phenoxy) is 1. The molecule has 0 unspecified atom stereocenters. The van der Waals surface area contributed by atoms with Crippen molar-refractivity contribution in [2.45, 2.75) is 19.5 Å². The summed E-state index contributed by atoms with van der Waals surface area (Å²) in [5, 5.41) is 0.883. The van der Waals surface area contributed by atoms with Gasteiger partial charge in [0.15, 0.2) is 0 Å². The largest absolute Gasteiger partial charge is 0.378 e. The van der Waals surface area contributed by atoms with Crippen molar-refractivity contribution in [1.82, 2.24) is 8.01 Å². The van der Waals surface area contributed by atoms with E-state index in [0.29, 0.717) is 6.04 Å². The molecule has 0 amide bonds. The lowest BCUT2D eigenvalue weighted by atomic mass is 10.1. The van der Waals surface area contributed by atoms with Crippen molar-refractivity contribution < 1.29 is 4.74 Å². The molecule has 6 heteroatoms. The van der Waals surface area contributed by atoms with Crippen LogP contribution in [0.1, 0.15) is 12.5 Å². The number of piperazine rings is 1. The molecular weight excluding hydrogens is 413 g/mol. The van der Waals surface area contributed by atoms with Gasteiger partial charge in [0.05, 0.1) is 13.2 Å². The number of halogens is 2. The lowest BCUT2D eigenvalue weighted by molar-refractivity contribution is 0.122. The third-order valence-electron chi connectivity index (χ3n) is 4.44. The van der Waals surface area contributed by atoms with Gasteiger partial charge in [0.2, 0.25) is 0 Å². The van der Waals surface area contributed by atoms with Crippen LogP contribution in [0, 0.1) is 0 Å². The van der Waals surface area contributed by atoms with Crippen molar-refractivity contribution in [2.24, 2.45) is 0 Å². The summed E-state index contributed by atoms with van der Waals surface area (Å²) >= 11 is 8.96. The Kier molecular flexibility index (Phi) is 5.84. The molecule has 122 valence electrons. The summed E-state index contributed by atoms with van der Waals surface area (Å²) in [5.41, 5.74) is 2.44. The quantitative estimate of drug-likeness (QED) is 0.537. The first-order valence-corrected chi connectivity index (χ1v) is 9.23. The van der Waals surface area contributed by atoms with Crippen molar-refractivity contribution in [3.63, 3.8) is 0 Å². The Morgan fingerprint density at radius 2 is 2.00 bits per heavy atom. The van der Waals surface area contributed by atoms with Crippen LogP contribution in [0.25, 0.3) is 0 Å². The minimum atomic E-state index is 0.598. The first-order chi connectivity index (χ1) is 10.6. The Hall–Kier alpha value is -0.0800. The van der Waals surface area contributed by atoms with Gasteiger partial charge in [-0.25, -0.2) is 3.11 Å². The van der Waals surface area contributed by atoms with Crippen LogP contribution >= 0.6 is 34.5 Å².